The van der Waals surface area contributed by atoms with E-state index in [0.29, 0.717) is 25.1 Å². The van der Waals surface area contributed by atoms with E-state index in [1.165, 1.54) is 23.3 Å². The second-order valence-corrected chi connectivity index (χ2v) is 10.2. The summed E-state index contributed by atoms with van der Waals surface area (Å²) in [7, 11) is -3.14. The summed E-state index contributed by atoms with van der Waals surface area (Å²) < 4.78 is 61.5. The number of rotatable bonds is 2. The first-order chi connectivity index (χ1) is 14.0. The summed E-state index contributed by atoms with van der Waals surface area (Å²) >= 11 is 0. The average molecular weight is 438 g/mol. The van der Waals surface area contributed by atoms with Crippen molar-refractivity contribution in [2.75, 3.05) is 25.9 Å². The Kier molecular flexibility index (Phi) is 5.04. The molecular weight excluding hydrogens is 417 g/mol. The Bertz CT molecular complexity index is 1080. The molecular formula is C21H21F3N2O3S. The molecule has 0 spiro atoms. The smallest absolute Gasteiger partial charge is 0.322 e. The van der Waals surface area contributed by atoms with Gasteiger partial charge in [0.05, 0.1) is 10.8 Å². The lowest BCUT2D eigenvalue weighted by Gasteiger charge is -2.42. The van der Waals surface area contributed by atoms with Gasteiger partial charge < -0.3 is 9.80 Å². The van der Waals surface area contributed by atoms with Crippen LogP contribution in [-0.2, 0) is 29.0 Å². The number of hydrogen-bond acceptors (Lipinski definition) is 3. The predicted octanol–water partition coefficient (Wildman–Crippen LogP) is 3.58. The number of halogens is 3. The molecule has 2 amide bonds. The predicted molar refractivity (Wildman–Crippen MR) is 107 cm³/mol. The van der Waals surface area contributed by atoms with Crippen LogP contribution < -0.4 is 0 Å². The van der Waals surface area contributed by atoms with Crippen LogP contribution in [0.2, 0.25) is 0 Å². The zero-order valence-corrected chi connectivity index (χ0v) is 17.1. The Labute approximate surface area is 173 Å². The fourth-order valence-corrected chi connectivity index (χ4v) is 4.72. The summed E-state index contributed by atoms with van der Waals surface area (Å²) in [6, 6.07) is 10.6. The molecule has 1 fully saturated rings. The van der Waals surface area contributed by atoms with E-state index in [9.17, 15) is 26.4 Å². The first-order valence-electron chi connectivity index (χ1n) is 9.54. The van der Waals surface area contributed by atoms with E-state index < -0.39 is 26.8 Å². The zero-order chi connectivity index (χ0) is 21.7. The van der Waals surface area contributed by atoms with Gasteiger partial charge in [0.1, 0.15) is 0 Å². The topological polar surface area (TPSA) is 57.7 Å². The van der Waals surface area contributed by atoms with Crippen LogP contribution in [0.5, 0.6) is 0 Å². The molecule has 30 heavy (non-hydrogen) atoms. The SMILES string of the molecule is CS(=O)(=O)C1CN(C(=O)N2CCc3ccc(-c4ccc(C(F)(F)F)cc4)cc3C2)C1. The second-order valence-electron chi connectivity index (χ2n) is 7.87. The molecule has 0 unspecified atom stereocenters. The van der Waals surface area contributed by atoms with E-state index in [2.05, 4.69) is 0 Å². The molecule has 9 heteroatoms. The summed E-state index contributed by atoms with van der Waals surface area (Å²) in [5.41, 5.74) is 2.83. The molecule has 5 nitrogen and oxygen atoms in total. The maximum atomic E-state index is 12.8. The van der Waals surface area contributed by atoms with Crippen molar-refractivity contribution < 1.29 is 26.4 Å². The van der Waals surface area contributed by atoms with E-state index in [4.69, 9.17) is 0 Å². The van der Waals surface area contributed by atoms with Gasteiger partial charge in [0, 0.05) is 32.4 Å². The number of nitrogens with zero attached hydrogens (tertiary/aromatic N) is 2. The number of likely N-dealkylation sites (tertiary alicyclic amines) is 1. The highest BCUT2D eigenvalue weighted by atomic mass is 32.2. The first kappa shape index (κ1) is 20.7. The summed E-state index contributed by atoms with van der Waals surface area (Å²) in [5, 5.41) is -0.496. The van der Waals surface area contributed by atoms with Crippen molar-refractivity contribution >= 4 is 15.9 Å². The van der Waals surface area contributed by atoms with Crippen molar-refractivity contribution in [1.82, 2.24) is 9.80 Å². The van der Waals surface area contributed by atoms with Crippen molar-refractivity contribution in [3.05, 3.63) is 59.2 Å². The van der Waals surface area contributed by atoms with Crippen LogP contribution in [0.25, 0.3) is 11.1 Å². The quantitative estimate of drug-likeness (QED) is 0.720. The Balaban J connectivity index is 1.48. The Morgan fingerprint density at radius 3 is 2.20 bits per heavy atom. The van der Waals surface area contributed by atoms with Crippen LogP contribution in [0.4, 0.5) is 18.0 Å². The Morgan fingerprint density at radius 2 is 1.60 bits per heavy atom. The van der Waals surface area contributed by atoms with Crippen LogP contribution in [-0.4, -0.2) is 55.4 Å². The fraction of sp³-hybridized carbons (Fsp3) is 0.381. The molecule has 4 rings (SSSR count). The summed E-state index contributed by atoms with van der Waals surface area (Å²) in [6.45, 7) is 1.37. The van der Waals surface area contributed by atoms with Gasteiger partial charge in [-0.15, -0.1) is 0 Å². The van der Waals surface area contributed by atoms with E-state index in [0.717, 1.165) is 28.8 Å². The average Bonchev–Trinajstić information content (AvgIpc) is 2.64. The number of carbonyl (C=O) groups is 1. The lowest BCUT2D eigenvalue weighted by molar-refractivity contribution is -0.137. The van der Waals surface area contributed by atoms with Gasteiger partial charge in [-0.3, -0.25) is 0 Å². The first-order valence-corrected chi connectivity index (χ1v) is 11.5. The number of carbonyl (C=O) groups excluding carboxylic acids is 1. The Hall–Kier alpha value is -2.55. The van der Waals surface area contributed by atoms with Crippen molar-refractivity contribution in [1.29, 1.82) is 0 Å². The van der Waals surface area contributed by atoms with Crippen molar-refractivity contribution in [2.45, 2.75) is 24.4 Å². The maximum Gasteiger partial charge on any atom is 0.416 e. The van der Waals surface area contributed by atoms with E-state index >= 15 is 0 Å². The van der Waals surface area contributed by atoms with Crippen molar-refractivity contribution in [3.63, 3.8) is 0 Å². The van der Waals surface area contributed by atoms with Crippen molar-refractivity contribution in [3.8, 4) is 11.1 Å². The monoisotopic (exact) mass is 438 g/mol. The number of sulfone groups is 1. The zero-order valence-electron chi connectivity index (χ0n) is 16.3. The third-order valence-corrected chi connectivity index (χ3v) is 7.27. The highest BCUT2D eigenvalue weighted by Crippen LogP contribution is 2.32. The summed E-state index contributed by atoms with van der Waals surface area (Å²) in [6.07, 6.45) is -2.51. The number of benzene rings is 2. The molecule has 1 saturated heterocycles. The molecule has 160 valence electrons. The standard InChI is InChI=1S/C21H21F3N2O3S/c1-30(28,29)19-12-26(13-19)20(27)25-9-8-15-2-3-16(10-17(15)11-25)14-4-6-18(7-5-14)21(22,23)24/h2-7,10,19H,8-9,11-13H2,1H3. The van der Waals surface area contributed by atoms with Gasteiger partial charge in [-0.1, -0.05) is 24.3 Å². The molecule has 0 saturated carbocycles. The number of amides is 2. The number of urea groups is 1. The van der Waals surface area contributed by atoms with Crippen LogP contribution in [0.15, 0.2) is 42.5 Å². The van der Waals surface area contributed by atoms with Gasteiger partial charge in [0.2, 0.25) is 0 Å². The van der Waals surface area contributed by atoms with E-state index in [1.807, 2.05) is 18.2 Å². The van der Waals surface area contributed by atoms with Gasteiger partial charge >= 0.3 is 12.2 Å². The lowest BCUT2D eigenvalue weighted by atomic mass is 9.94. The summed E-state index contributed by atoms with van der Waals surface area (Å²) in [4.78, 5) is 15.9. The third-order valence-electron chi connectivity index (χ3n) is 5.76. The maximum absolute atomic E-state index is 12.8. The van der Waals surface area contributed by atoms with Gasteiger partial charge in [-0.25, -0.2) is 13.2 Å². The molecule has 2 aliphatic heterocycles. The number of alkyl halides is 3. The molecule has 2 aromatic rings. The minimum atomic E-state index is -4.37. The third kappa shape index (κ3) is 4.03. The molecule has 2 aromatic carbocycles. The second kappa shape index (κ2) is 7.30. The molecule has 2 heterocycles. The van der Waals surface area contributed by atoms with Crippen LogP contribution in [0.1, 0.15) is 16.7 Å². The highest BCUT2D eigenvalue weighted by molar-refractivity contribution is 7.91. The minimum absolute atomic E-state index is 0.180. The van der Waals surface area contributed by atoms with Gasteiger partial charge in [-0.2, -0.15) is 13.2 Å². The number of hydrogen-bond donors (Lipinski definition) is 0. The summed E-state index contributed by atoms with van der Waals surface area (Å²) in [5.74, 6) is 0. The van der Waals surface area contributed by atoms with E-state index in [1.54, 1.807) is 4.90 Å². The van der Waals surface area contributed by atoms with Crippen molar-refractivity contribution in [2.24, 2.45) is 0 Å². The van der Waals surface area contributed by atoms with Crippen LogP contribution >= 0.6 is 0 Å². The molecule has 0 N–H and O–H groups in total. The van der Waals surface area contributed by atoms with Gasteiger partial charge in [0.25, 0.3) is 0 Å². The Morgan fingerprint density at radius 1 is 0.967 bits per heavy atom. The highest BCUT2D eigenvalue weighted by Gasteiger charge is 2.39. The molecule has 0 radical (unpaired) electrons. The molecule has 0 aromatic heterocycles. The van der Waals surface area contributed by atoms with E-state index in [-0.39, 0.29) is 19.1 Å². The molecule has 0 aliphatic carbocycles. The molecule has 0 atom stereocenters. The fourth-order valence-electron chi connectivity index (χ4n) is 3.82. The normalized spacial score (nSPS) is 17.5. The largest absolute Gasteiger partial charge is 0.416 e. The number of fused-ring (bicyclic) bond motifs is 1. The van der Waals surface area contributed by atoms with Crippen LogP contribution in [0, 0.1) is 0 Å². The molecule has 0 bridgehead atoms. The molecule has 2 aliphatic rings. The minimum Gasteiger partial charge on any atom is -0.322 e. The lowest BCUT2D eigenvalue weighted by Crippen LogP contribution is -2.60. The van der Waals surface area contributed by atoms with Crippen LogP contribution in [0.3, 0.4) is 0 Å². The van der Waals surface area contributed by atoms with Gasteiger partial charge in [-0.05, 0) is 46.9 Å². The van der Waals surface area contributed by atoms with Gasteiger partial charge in [0.15, 0.2) is 9.84 Å².